The molecule has 0 aromatic heterocycles. The van der Waals surface area contributed by atoms with Gasteiger partial charge in [-0.2, -0.15) is 0 Å². The number of hydrogen-bond acceptors (Lipinski definition) is 3. The summed E-state index contributed by atoms with van der Waals surface area (Å²) in [6.07, 6.45) is 0.740. The van der Waals surface area contributed by atoms with Gasteiger partial charge in [0.2, 0.25) is 0 Å². The fraction of sp³-hybridized carbons (Fsp3) is 0.294. The average Bonchev–Trinajstić information content (AvgIpc) is 2.67. The van der Waals surface area contributed by atoms with Crippen molar-refractivity contribution in [1.29, 1.82) is 0 Å². The van der Waals surface area contributed by atoms with Crippen molar-refractivity contribution in [2.45, 2.75) is 19.3 Å². The van der Waals surface area contributed by atoms with Crippen LogP contribution in [0.25, 0.3) is 0 Å². The summed E-state index contributed by atoms with van der Waals surface area (Å²) < 4.78 is 0. The number of halogens is 2. The van der Waals surface area contributed by atoms with Gasteiger partial charge in [-0.3, -0.25) is 0 Å². The minimum atomic E-state index is -0.222. The van der Waals surface area contributed by atoms with E-state index in [1.54, 1.807) is 6.07 Å². The van der Waals surface area contributed by atoms with Crippen molar-refractivity contribution in [3.8, 4) is 11.5 Å². The molecule has 3 rings (SSSR count). The Labute approximate surface area is 145 Å². The van der Waals surface area contributed by atoms with Crippen LogP contribution in [0, 0.1) is 6.92 Å². The Bertz CT molecular complexity index is 691. The van der Waals surface area contributed by atoms with E-state index in [2.05, 4.69) is 30.4 Å². The quantitative estimate of drug-likeness (QED) is 0.653. The molecule has 118 valence electrons. The summed E-state index contributed by atoms with van der Waals surface area (Å²) >= 11 is 6.24. The molecule has 1 aliphatic heterocycles. The molecule has 0 aliphatic carbocycles. The topological polar surface area (TPSA) is 52.5 Å². The second-order valence-electron chi connectivity index (χ2n) is 5.55. The third-order valence-corrected chi connectivity index (χ3v) is 4.48. The molecular weight excluding hydrogens is 366 g/mol. The maximum atomic E-state index is 9.91. The molecule has 1 unspecified atom stereocenters. The van der Waals surface area contributed by atoms with Crippen molar-refractivity contribution in [3.63, 3.8) is 0 Å². The molecule has 0 fully saturated rings. The van der Waals surface area contributed by atoms with Gasteiger partial charge in [-0.1, -0.05) is 41.4 Å². The van der Waals surface area contributed by atoms with Crippen LogP contribution in [0.1, 0.15) is 28.2 Å². The van der Waals surface area contributed by atoms with E-state index in [-0.39, 0.29) is 39.4 Å². The number of hydrogen-bond donors (Lipinski definition) is 3. The normalized spacial score (nSPS) is 17.3. The van der Waals surface area contributed by atoms with Crippen LogP contribution in [0.15, 0.2) is 30.3 Å². The number of aryl methyl sites for hydroxylation is 1. The lowest BCUT2D eigenvalue weighted by Gasteiger charge is -2.20. The molecule has 22 heavy (non-hydrogen) atoms. The highest BCUT2D eigenvalue weighted by Gasteiger charge is 2.25. The van der Waals surface area contributed by atoms with Crippen LogP contribution >= 0.6 is 28.6 Å². The highest BCUT2D eigenvalue weighted by Crippen LogP contribution is 2.42. The van der Waals surface area contributed by atoms with Gasteiger partial charge in [0, 0.05) is 12.5 Å². The lowest BCUT2D eigenvalue weighted by Crippen LogP contribution is -2.20. The lowest BCUT2D eigenvalue weighted by atomic mass is 9.87. The first kappa shape index (κ1) is 17.1. The van der Waals surface area contributed by atoms with E-state index < -0.39 is 0 Å². The number of rotatable bonds is 1. The third-order valence-electron chi connectivity index (χ3n) is 4.08. The molecule has 0 spiro atoms. The molecule has 5 heteroatoms. The van der Waals surface area contributed by atoms with Gasteiger partial charge in [0.25, 0.3) is 0 Å². The van der Waals surface area contributed by atoms with E-state index in [1.807, 2.05) is 6.07 Å². The van der Waals surface area contributed by atoms with E-state index in [4.69, 9.17) is 11.6 Å². The zero-order chi connectivity index (χ0) is 15.0. The second-order valence-corrected chi connectivity index (χ2v) is 5.92. The van der Waals surface area contributed by atoms with E-state index >= 15 is 0 Å². The van der Waals surface area contributed by atoms with Gasteiger partial charge in [-0.15, -0.1) is 17.0 Å². The summed E-state index contributed by atoms with van der Waals surface area (Å²) in [5.74, 6) is -0.259. The molecule has 0 amide bonds. The van der Waals surface area contributed by atoms with Gasteiger partial charge in [-0.05, 0) is 42.6 Å². The van der Waals surface area contributed by atoms with Crippen LogP contribution in [0.4, 0.5) is 0 Å². The SMILES string of the molecule is Br.Cc1cccc(C2CNCCc3c2cc(O)c(O)c3Cl)c1. The molecule has 3 nitrogen and oxygen atoms in total. The summed E-state index contributed by atoms with van der Waals surface area (Å²) in [7, 11) is 0. The highest BCUT2D eigenvalue weighted by atomic mass is 79.9. The van der Waals surface area contributed by atoms with E-state index in [1.165, 1.54) is 11.1 Å². The van der Waals surface area contributed by atoms with Crippen LogP contribution < -0.4 is 5.32 Å². The molecule has 2 aromatic carbocycles. The van der Waals surface area contributed by atoms with Crippen LogP contribution in [0.3, 0.4) is 0 Å². The number of phenols is 2. The molecule has 1 heterocycles. The van der Waals surface area contributed by atoms with Crippen molar-refractivity contribution in [3.05, 3.63) is 57.6 Å². The van der Waals surface area contributed by atoms with E-state index in [0.29, 0.717) is 0 Å². The second kappa shape index (κ2) is 6.90. The van der Waals surface area contributed by atoms with Crippen LogP contribution in [-0.4, -0.2) is 23.3 Å². The number of benzene rings is 2. The van der Waals surface area contributed by atoms with E-state index in [0.717, 1.165) is 30.6 Å². The zero-order valence-corrected chi connectivity index (χ0v) is 14.7. The van der Waals surface area contributed by atoms with Gasteiger partial charge in [0.05, 0.1) is 5.02 Å². The minimum absolute atomic E-state index is 0. The molecule has 3 N–H and O–H groups in total. The summed E-state index contributed by atoms with van der Waals surface area (Å²) in [6.45, 7) is 3.66. The number of aromatic hydroxyl groups is 2. The van der Waals surface area contributed by atoms with E-state index in [9.17, 15) is 10.2 Å². The Morgan fingerprint density at radius 1 is 1.23 bits per heavy atom. The number of phenolic OH excluding ortho intramolecular Hbond substituents is 2. The van der Waals surface area contributed by atoms with Crippen molar-refractivity contribution in [2.75, 3.05) is 13.1 Å². The molecule has 1 aliphatic rings. The molecule has 0 saturated heterocycles. The van der Waals surface area contributed by atoms with Crippen molar-refractivity contribution >= 4 is 28.6 Å². The summed E-state index contributed by atoms with van der Waals surface area (Å²) in [4.78, 5) is 0. The van der Waals surface area contributed by atoms with Gasteiger partial charge >= 0.3 is 0 Å². The molecule has 0 bridgehead atoms. The Morgan fingerprint density at radius 2 is 2.00 bits per heavy atom. The Hall–Kier alpha value is -1.23. The fourth-order valence-electron chi connectivity index (χ4n) is 3.00. The summed E-state index contributed by atoms with van der Waals surface area (Å²) in [5, 5.41) is 23.4. The first-order valence-corrected chi connectivity index (χ1v) is 7.46. The number of fused-ring (bicyclic) bond motifs is 1. The largest absolute Gasteiger partial charge is 0.504 e. The van der Waals surface area contributed by atoms with Crippen LogP contribution in [0.5, 0.6) is 11.5 Å². The van der Waals surface area contributed by atoms with Crippen LogP contribution in [0.2, 0.25) is 5.02 Å². The zero-order valence-electron chi connectivity index (χ0n) is 12.3. The first-order chi connectivity index (χ1) is 10.1. The molecule has 0 radical (unpaired) electrons. The van der Waals surface area contributed by atoms with Gasteiger partial charge in [0.1, 0.15) is 0 Å². The monoisotopic (exact) mass is 383 g/mol. The minimum Gasteiger partial charge on any atom is -0.504 e. The predicted molar refractivity (Wildman–Crippen MR) is 94.7 cm³/mol. The van der Waals surface area contributed by atoms with Gasteiger partial charge < -0.3 is 15.5 Å². The average molecular weight is 385 g/mol. The van der Waals surface area contributed by atoms with Gasteiger partial charge in [0.15, 0.2) is 11.5 Å². The van der Waals surface area contributed by atoms with Crippen molar-refractivity contribution < 1.29 is 10.2 Å². The maximum absolute atomic E-state index is 9.91. The lowest BCUT2D eigenvalue weighted by molar-refractivity contribution is 0.402. The molecule has 2 aromatic rings. The fourth-order valence-corrected chi connectivity index (χ4v) is 3.30. The Kier molecular flexibility index (Phi) is 5.37. The smallest absolute Gasteiger partial charge is 0.176 e. The summed E-state index contributed by atoms with van der Waals surface area (Å²) in [6, 6.07) is 10.00. The highest BCUT2D eigenvalue weighted by molar-refractivity contribution is 8.93. The third kappa shape index (κ3) is 3.09. The number of nitrogens with one attached hydrogen (secondary N) is 1. The molecular formula is C17H19BrClNO2. The molecule has 0 saturated carbocycles. The van der Waals surface area contributed by atoms with Crippen molar-refractivity contribution in [2.24, 2.45) is 0 Å². The Morgan fingerprint density at radius 3 is 2.73 bits per heavy atom. The maximum Gasteiger partial charge on any atom is 0.176 e. The van der Waals surface area contributed by atoms with Gasteiger partial charge in [-0.25, -0.2) is 0 Å². The first-order valence-electron chi connectivity index (χ1n) is 7.08. The summed E-state index contributed by atoms with van der Waals surface area (Å²) in [5.41, 5.74) is 4.30. The standard InChI is InChI=1S/C17H18ClNO2.BrH/c1-10-3-2-4-11(7-10)14-9-19-6-5-12-13(14)8-15(20)17(21)16(12)18;/h2-4,7-8,14,19-21H,5-6,9H2,1H3;1H. The van der Waals surface area contributed by atoms with Crippen LogP contribution in [-0.2, 0) is 6.42 Å². The predicted octanol–water partition coefficient (Wildman–Crippen LogP) is 3.92. The molecule has 1 atom stereocenters. The Balaban J connectivity index is 0.00000176. The van der Waals surface area contributed by atoms with Crippen molar-refractivity contribution in [1.82, 2.24) is 5.32 Å².